The van der Waals surface area contributed by atoms with E-state index in [1.807, 2.05) is 64.9 Å². The molecule has 0 aliphatic rings. The van der Waals surface area contributed by atoms with E-state index in [9.17, 15) is 0 Å². The Kier molecular flexibility index (Phi) is 10.6. The second kappa shape index (κ2) is 12.7. The number of hydrogen-bond donors (Lipinski definition) is 0. The molecule has 0 amide bonds. The van der Waals surface area contributed by atoms with Gasteiger partial charge in [-0.15, -0.1) is 0 Å². The average molecular weight is 700 g/mol. The molecule has 0 aliphatic heterocycles. The van der Waals surface area contributed by atoms with Crippen molar-refractivity contribution in [1.29, 1.82) is 0 Å². The van der Waals surface area contributed by atoms with Gasteiger partial charge < -0.3 is 13.8 Å². The molecule has 0 N–H and O–H groups in total. The monoisotopic (exact) mass is 701 g/mol. The summed E-state index contributed by atoms with van der Waals surface area (Å²) in [6.07, 6.45) is 0. The van der Waals surface area contributed by atoms with E-state index in [2.05, 4.69) is 89.9 Å². The minimum atomic E-state index is -0.583. The predicted molar refractivity (Wildman–Crippen MR) is 134 cm³/mol. The molecule has 0 aliphatic carbocycles. The molecule has 32 heavy (non-hydrogen) atoms. The van der Waals surface area contributed by atoms with Crippen molar-refractivity contribution in [2.24, 2.45) is 0 Å². The van der Waals surface area contributed by atoms with Gasteiger partial charge in [0.05, 0.1) is 17.1 Å². The summed E-state index contributed by atoms with van der Waals surface area (Å²) in [5.41, 5.74) is 6.23. The van der Waals surface area contributed by atoms with Crippen molar-refractivity contribution in [3.63, 3.8) is 0 Å². The molecule has 1 aromatic carbocycles. The van der Waals surface area contributed by atoms with Crippen LogP contribution >= 0.6 is 19.6 Å². The number of nitrogens with zero attached hydrogens (tertiary/aromatic N) is 6. The number of aryl methyl sites for hydroxylation is 6. The molecule has 168 valence electrons. The quantitative estimate of drug-likeness (QED) is 0.305. The van der Waals surface area contributed by atoms with Gasteiger partial charge in [-0.1, -0.05) is 0 Å². The van der Waals surface area contributed by atoms with Crippen LogP contribution in [-0.2, 0) is 14.9 Å². The first-order valence-corrected chi connectivity index (χ1v) is 18.6. The SMILES string of the molecule is Cc1cc(C)n([B-](n2nc(C)cc2C)n2nc(C)cc2C)n1.[S]=[W]=[S].[Se]c1ccccc1. The van der Waals surface area contributed by atoms with Crippen molar-refractivity contribution in [2.75, 3.05) is 0 Å². The topological polar surface area (TPSA) is 53.5 Å². The molecule has 4 rings (SSSR count). The number of rotatable bonds is 3. The van der Waals surface area contributed by atoms with Gasteiger partial charge in [-0.05, 0) is 76.8 Å². The van der Waals surface area contributed by atoms with Crippen LogP contribution in [-0.4, -0.2) is 52.2 Å². The first-order valence-electron chi connectivity index (χ1n) is 9.90. The van der Waals surface area contributed by atoms with Gasteiger partial charge in [0.25, 0.3) is 7.12 Å². The minimum absolute atomic E-state index is 0.226. The van der Waals surface area contributed by atoms with Gasteiger partial charge >= 0.3 is 85.4 Å². The molecule has 0 bridgehead atoms. The zero-order valence-corrected chi connectivity index (χ0v) is 25.3. The van der Waals surface area contributed by atoms with Crippen LogP contribution in [0.4, 0.5) is 0 Å². The Hall–Kier alpha value is -1.44. The summed E-state index contributed by atoms with van der Waals surface area (Å²) < 4.78 is 7.14. The zero-order chi connectivity index (χ0) is 23.8. The molecule has 3 aromatic heterocycles. The van der Waals surface area contributed by atoms with Gasteiger partial charge in [-0.2, -0.15) is 0 Å². The Balaban J connectivity index is 0.000000302. The normalized spacial score (nSPS) is 10.2. The van der Waals surface area contributed by atoms with Crippen molar-refractivity contribution in [1.82, 2.24) is 29.1 Å². The summed E-state index contributed by atoms with van der Waals surface area (Å²) in [6.45, 7) is 12.2. The van der Waals surface area contributed by atoms with Crippen LogP contribution in [0, 0.1) is 41.5 Å². The van der Waals surface area contributed by atoms with Crippen molar-refractivity contribution < 1.29 is 14.9 Å². The van der Waals surface area contributed by atoms with Crippen LogP contribution in [0.25, 0.3) is 0 Å². The van der Waals surface area contributed by atoms with Gasteiger partial charge in [-0.3, -0.25) is 0 Å². The third-order valence-electron chi connectivity index (χ3n) is 4.53. The fraction of sp³-hybridized carbons (Fsp3) is 0.286. The molecule has 0 unspecified atom stereocenters. The first-order chi connectivity index (χ1) is 15.2. The van der Waals surface area contributed by atoms with Gasteiger partial charge in [0.1, 0.15) is 0 Å². The first kappa shape index (κ1) is 26.8. The van der Waals surface area contributed by atoms with E-state index in [-0.39, 0.29) is 7.12 Å². The summed E-state index contributed by atoms with van der Waals surface area (Å²) >= 11 is 2.32. The Labute approximate surface area is 214 Å². The van der Waals surface area contributed by atoms with Crippen molar-refractivity contribution >= 4 is 47.2 Å². The van der Waals surface area contributed by atoms with E-state index in [0.29, 0.717) is 0 Å². The third-order valence-corrected chi connectivity index (χ3v) is 5.10. The van der Waals surface area contributed by atoms with Gasteiger partial charge in [0.15, 0.2) is 0 Å². The Bertz CT molecular complexity index is 1090. The molecule has 6 nitrogen and oxygen atoms in total. The van der Waals surface area contributed by atoms with Crippen LogP contribution in [0.2, 0.25) is 0 Å². The summed E-state index contributed by atoms with van der Waals surface area (Å²) in [5.74, 6) is 0. The van der Waals surface area contributed by atoms with E-state index >= 15 is 0 Å². The van der Waals surface area contributed by atoms with Crippen LogP contribution in [0.3, 0.4) is 0 Å². The molecule has 4 aromatic rings. The van der Waals surface area contributed by atoms with Gasteiger partial charge in [-0.25, -0.2) is 15.3 Å². The Morgan fingerprint density at radius 3 is 1.19 bits per heavy atom. The van der Waals surface area contributed by atoms with E-state index in [1.165, 1.54) is 4.46 Å². The van der Waals surface area contributed by atoms with E-state index < -0.39 is 14.9 Å². The molecular formula is C21H26BN6S2SeW-. The van der Waals surface area contributed by atoms with Crippen molar-refractivity contribution in [3.8, 4) is 0 Å². The molecule has 11 heteroatoms. The molecule has 2 radical (unpaired) electrons. The second-order valence-corrected chi connectivity index (χ2v) is 13.3. The summed E-state index contributed by atoms with van der Waals surface area (Å²) in [5, 5.41) is 14.0. The molecule has 0 saturated heterocycles. The maximum absolute atomic E-state index is 4.66. The standard InChI is InChI=1S/C15H21BN6.C6H5Se.2S.W/c1-10-7-13(4)20(17-10)16(21-14(5)8-11(2)18-21)22-15(6)9-12(3)19-22;7-6-4-2-1-3-5-6;;;/h7-9H,1-6H3;1-5H;;;/q-1;;;;. The summed E-state index contributed by atoms with van der Waals surface area (Å²) in [6, 6.07) is 16.3. The van der Waals surface area contributed by atoms with Crippen molar-refractivity contribution in [2.45, 2.75) is 41.5 Å². The van der Waals surface area contributed by atoms with Crippen LogP contribution in [0.5, 0.6) is 0 Å². The average Bonchev–Trinajstić information content (AvgIpc) is 3.34. The van der Waals surface area contributed by atoms with E-state index in [1.54, 1.807) is 0 Å². The van der Waals surface area contributed by atoms with E-state index in [0.717, 1.165) is 34.2 Å². The molecule has 0 fully saturated rings. The third kappa shape index (κ3) is 7.29. The second-order valence-electron chi connectivity index (χ2n) is 7.34. The maximum atomic E-state index is 4.66. The summed E-state index contributed by atoms with van der Waals surface area (Å²) in [4.78, 5) is 0. The van der Waals surface area contributed by atoms with E-state index in [4.69, 9.17) is 0 Å². The molecule has 3 heterocycles. The van der Waals surface area contributed by atoms with Crippen molar-refractivity contribution in [3.05, 3.63) is 82.7 Å². The molecular weight excluding hydrogens is 674 g/mol. The predicted octanol–water partition coefficient (Wildman–Crippen LogP) is 3.83. The summed E-state index contributed by atoms with van der Waals surface area (Å²) in [7, 11) is 8.52. The van der Waals surface area contributed by atoms with Gasteiger partial charge in [0.2, 0.25) is 0 Å². The number of aromatic nitrogens is 6. The molecule has 0 saturated carbocycles. The van der Waals surface area contributed by atoms with Crippen LogP contribution < -0.4 is 4.46 Å². The Morgan fingerprint density at radius 1 is 0.688 bits per heavy atom. The van der Waals surface area contributed by atoms with Crippen LogP contribution in [0.1, 0.15) is 34.2 Å². The molecule has 0 atom stereocenters. The molecule has 0 spiro atoms. The zero-order valence-electron chi connectivity index (χ0n) is 19.0. The fourth-order valence-corrected chi connectivity index (χ4v) is 3.70. The van der Waals surface area contributed by atoms with Crippen LogP contribution in [0.15, 0.2) is 48.5 Å². The number of hydrogen-bond acceptors (Lipinski definition) is 5. The Morgan fingerprint density at radius 2 is 1.00 bits per heavy atom. The fourth-order valence-electron chi connectivity index (χ4n) is 3.37. The van der Waals surface area contributed by atoms with Gasteiger partial charge in [0, 0.05) is 0 Å². The number of benzene rings is 1.